The fourth-order valence-corrected chi connectivity index (χ4v) is 2.39. The zero-order valence-electron chi connectivity index (χ0n) is 10.2. The van der Waals surface area contributed by atoms with Crippen molar-refractivity contribution in [3.63, 3.8) is 0 Å². The maximum atomic E-state index is 13.7. The second-order valence-electron chi connectivity index (χ2n) is 4.78. The standard InChI is InChI=1S/C12H15F2N3O2/c13-9-4-5-10(17(18)19)12(11(9)14)16-8-3-1-2-7(15)6-8/h4-5,7-8,16H,1-3,6,15H2. The van der Waals surface area contributed by atoms with Crippen LogP contribution in [-0.4, -0.2) is 17.0 Å². The molecule has 1 aromatic carbocycles. The Balaban J connectivity index is 2.27. The number of anilines is 1. The molecule has 0 radical (unpaired) electrons. The second-order valence-corrected chi connectivity index (χ2v) is 4.78. The fraction of sp³-hybridized carbons (Fsp3) is 0.500. The molecule has 2 rings (SSSR count). The summed E-state index contributed by atoms with van der Waals surface area (Å²) >= 11 is 0. The van der Waals surface area contributed by atoms with Gasteiger partial charge in [0, 0.05) is 18.2 Å². The molecule has 0 aromatic heterocycles. The van der Waals surface area contributed by atoms with E-state index < -0.39 is 22.2 Å². The molecule has 104 valence electrons. The van der Waals surface area contributed by atoms with Crippen LogP contribution in [0.15, 0.2) is 12.1 Å². The Hall–Kier alpha value is -1.76. The van der Waals surface area contributed by atoms with Crippen LogP contribution in [-0.2, 0) is 0 Å². The molecule has 2 atom stereocenters. The SMILES string of the molecule is NC1CCCC(Nc2c([N+](=O)[O-])ccc(F)c2F)C1. The Morgan fingerprint density at radius 1 is 1.37 bits per heavy atom. The number of nitrogens with zero attached hydrogens (tertiary/aromatic N) is 1. The van der Waals surface area contributed by atoms with E-state index in [1.54, 1.807) is 0 Å². The number of hydrogen-bond donors (Lipinski definition) is 2. The molecule has 1 fully saturated rings. The van der Waals surface area contributed by atoms with Crippen molar-refractivity contribution in [2.24, 2.45) is 5.73 Å². The maximum absolute atomic E-state index is 13.7. The van der Waals surface area contributed by atoms with E-state index in [0.717, 1.165) is 31.4 Å². The lowest BCUT2D eigenvalue weighted by atomic mass is 9.91. The molecule has 0 spiro atoms. The van der Waals surface area contributed by atoms with Crippen molar-refractivity contribution in [1.29, 1.82) is 0 Å². The number of nitro groups is 1. The minimum absolute atomic E-state index is 0.0121. The lowest BCUT2D eigenvalue weighted by Gasteiger charge is -2.28. The van der Waals surface area contributed by atoms with Gasteiger partial charge in [-0.05, 0) is 31.7 Å². The van der Waals surface area contributed by atoms with Crippen LogP contribution in [0.3, 0.4) is 0 Å². The van der Waals surface area contributed by atoms with Gasteiger partial charge in [0.25, 0.3) is 5.69 Å². The summed E-state index contributed by atoms with van der Waals surface area (Å²) in [7, 11) is 0. The molecule has 2 unspecified atom stereocenters. The molecule has 0 heterocycles. The van der Waals surface area contributed by atoms with Crippen LogP contribution in [0, 0.1) is 21.7 Å². The molecule has 1 saturated carbocycles. The van der Waals surface area contributed by atoms with E-state index in [2.05, 4.69) is 5.32 Å². The van der Waals surface area contributed by atoms with Crippen LogP contribution in [0.4, 0.5) is 20.2 Å². The van der Waals surface area contributed by atoms with Crippen LogP contribution in [0.1, 0.15) is 25.7 Å². The molecular weight excluding hydrogens is 256 g/mol. The molecule has 3 N–H and O–H groups in total. The monoisotopic (exact) mass is 271 g/mol. The quantitative estimate of drug-likeness (QED) is 0.654. The number of hydrogen-bond acceptors (Lipinski definition) is 4. The third kappa shape index (κ3) is 2.98. The number of nitrogens with two attached hydrogens (primary N) is 1. The van der Waals surface area contributed by atoms with E-state index in [0.29, 0.717) is 6.42 Å². The number of benzene rings is 1. The Morgan fingerprint density at radius 2 is 2.11 bits per heavy atom. The van der Waals surface area contributed by atoms with Gasteiger partial charge in [0.1, 0.15) is 0 Å². The summed E-state index contributed by atoms with van der Waals surface area (Å²) in [4.78, 5) is 10.1. The summed E-state index contributed by atoms with van der Waals surface area (Å²) in [5.41, 5.74) is 4.96. The average molecular weight is 271 g/mol. The van der Waals surface area contributed by atoms with Gasteiger partial charge >= 0.3 is 0 Å². The van der Waals surface area contributed by atoms with Crippen molar-refractivity contribution in [3.8, 4) is 0 Å². The van der Waals surface area contributed by atoms with Crippen LogP contribution < -0.4 is 11.1 Å². The topological polar surface area (TPSA) is 81.2 Å². The van der Waals surface area contributed by atoms with Gasteiger partial charge in [-0.25, -0.2) is 8.78 Å². The second kappa shape index (κ2) is 5.48. The van der Waals surface area contributed by atoms with Gasteiger partial charge in [0.05, 0.1) is 4.92 Å². The first kappa shape index (κ1) is 13.7. The zero-order chi connectivity index (χ0) is 14.0. The number of halogens is 2. The molecule has 1 aromatic rings. The van der Waals surface area contributed by atoms with Gasteiger partial charge in [-0.15, -0.1) is 0 Å². The zero-order valence-corrected chi connectivity index (χ0v) is 10.2. The maximum Gasteiger partial charge on any atom is 0.295 e. The molecule has 0 aliphatic heterocycles. The highest BCUT2D eigenvalue weighted by Gasteiger charge is 2.26. The Bertz CT molecular complexity index is 496. The number of rotatable bonds is 3. The molecule has 0 amide bonds. The van der Waals surface area contributed by atoms with Crippen LogP contribution >= 0.6 is 0 Å². The van der Waals surface area contributed by atoms with E-state index >= 15 is 0 Å². The average Bonchev–Trinajstić information content (AvgIpc) is 2.35. The Morgan fingerprint density at radius 3 is 2.74 bits per heavy atom. The molecule has 0 saturated heterocycles. The highest BCUT2D eigenvalue weighted by molar-refractivity contribution is 5.63. The highest BCUT2D eigenvalue weighted by atomic mass is 19.2. The van der Waals surface area contributed by atoms with E-state index in [-0.39, 0.29) is 17.8 Å². The van der Waals surface area contributed by atoms with Gasteiger partial charge in [-0.1, -0.05) is 0 Å². The van der Waals surface area contributed by atoms with Crippen molar-refractivity contribution >= 4 is 11.4 Å². The number of nitrogens with one attached hydrogen (secondary N) is 1. The summed E-state index contributed by atoms with van der Waals surface area (Å²) in [6.07, 6.45) is 3.07. The van der Waals surface area contributed by atoms with Crippen molar-refractivity contribution in [2.45, 2.75) is 37.8 Å². The van der Waals surface area contributed by atoms with Crippen molar-refractivity contribution in [1.82, 2.24) is 0 Å². The first-order valence-corrected chi connectivity index (χ1v) is 6.13. The normalized spacial score (nSPS) is 23.1. The van der Waals surface area contributed by atoms with Crippen LogP contribution in [0.5, 0.6) is 0 Å². The van der Waals surface area contributed by atoms with E-state index in [1.165, 1.54) is 0 Å². The molecule has 19 heavy (non-hydrogen) atoms. The summed E-state index contributed by atoms with van der Waals surface area (Å²) in [5, 5.41) is 13.6. The fourth-order valence-electron chi connectivity index (χ4n) is 2.39. The summed E-state index contributed by atoms with van der Waals surface area (Å²) < 4.78 is 26.9. The van der Waals surface area contributed by atoms with Gasteiger partial charge in [0.15, 0.2) is 17.3 Å². The summed E-state index contributed by atoms with van der Waals surface area (Å²) in [6, 6.07) is 1.54. The lowest BCUT2D eigenvalue weighted by molar-refractivity contribution is -0.384. The predicted molar refractivity (Wildman–Crippen MR) is 66.9 cm³/mol. The van der Waals surface area contributed by atoms with Crippen molar-refractivity contribution in [2.75, 3.05) is 5.32 Å². The summed E-state index contributed by atoms with van der Waals surface area (Å²) in [5.74, 6) is -2.32. The molecule has 1 aliphatic carbocycles. The molecule has 7 heteroatoms. The van der Waals surface area contributed by atoms with Gasteiger partial charge < -0.3 is 11.1 Å². The van der Waals surface area contributed by atoms with Crippen molar-refractivity contribution < 1.29 is 13.7 Å². The first-order chi connectivity index (χ1) is 8.99. The van der Waals surface area contributed by atoms with Crippen LogP contribution in [0.2, 0.25) is 0 Å². The molecule has 5 nitrogen and oxygen atoms in total. The van der Waals surface area contributed by atoms with Gasteiger partial charge in [-0.2, -0.15) is 0 Å². The Labute approximate surface area is 108 Å². The predicted octanol–water partition coefficient (Wildman–Crippen LogP) is 2.55. The minimum Gasteiger partial charge on any atom is -0.374 e. The van der Waals surface area contributed by atoms with E-state index in [9.17, 15) is 18.9 Å². The molecular formula is C12H15F2N3O2. The first-order valence-electron chi connectivity index (χ1n) is 6.13. The lowest BCUT2D eigenvalue weighted by Crippen LogP contribution is -2.35. The molecule has 1 aliphatic rings. The summed E-state index contributed by atoms with van der Waals surface area (Å²) in [6.45, 7) is 0. The third-order valence-electron chi connectivity index (χ3n) is 3.33. The molecule has 0 bridgehead atoms. The van der Waals surface area contributed by atoms with Crippen molar-refractivity contribution in [3.05, 3.63) is 33.9 Å². The largest absolute Gasteiger partial charge is 0.374 e. The van der Waals surface area contributed by atoms with E-state index in [4.69, 9.17) is 5.73 Å². The van der Waals surface area contributed by atoms with E-state index in [1.807, 2.05) is 0 Å². The van der Waals surface area contributed by atoms with Gasteiger partial charge in [-0.3, -0.25) is 10.1 Å². The smallest absolute Gasteiger partial charge is 0.295 e. The van der Waals surface area contributed by atoms with Crippen LogP contribution in [0.25, 0.3) is 0 Å². The Kier molecular flexibility index (Phi) is 3.94. The van der Waals surface area contributed by atoms with Gasteiger partial charge in [0.2, 0.25) is 0 Å². The minimum atomic E-state index is -1.21. The highest BCUT2D eigenvalue weighted by Crippen LogP contribution is 2.31. The number of nitro benzene ring substituents is 1. The third-order valence-corrected chi connectivity index (χ3v) is 3.33.